The molecule has 0 radical (unpaired) electrons. The molecule has 2 N–H and O–H groups in total. The highest BCUT2D eigenvalue weighted by Gasteiger charge is 2.00. The highest BCUT2D eigenvalue weighted by Crippen LogP contribution is 2.18. The number of aliphatic imine (C=N–C) groups is 1. The van der Waals surface area contributed by atoms with E-state index < -0.39 is 0 Å². The molecule has 1 aromatic carbocycles. The molecule has 1 rings (SSSR count). The minimum absolute atomic E-state index is 0.182. The van der Waals surface area contributed by atoms with Crippen LogP contribution in [0.25, 0.3) is 0 Å². The van der Waals surface area contributed by atoms with Crippen LogP contribution in [0, 0.1) is 5.82 Å². The van der Waals surface area contributed by atoms with Crippen LogP contribution < -0.4 is 10.6 Å². The lowest BCUT2D eigenvalue weighted by atomic mass is 10.3. The molecule has 6 heteroatoms. The van der Waals surface area contributed by atoms with Gasteiger partial charge in [-0.25, -0.2) is 4.39 Å². The summed E-state index contributed by atoms with van der Waals surface area (Å²) in [5.74, 6) is 1.69. The number of rotatable bonds is 12. The smallest absolute Gasteiger partial charge is 0.190 e. The van der Waals surface area contributed by atoms with Crippen molar-refractivity contribution < 1.29 is 4.39 Å². The van der Waals surface area contributed by atoms with Crippen LogP contribution in [0.3, 0.4) is 0 Å². The summed E-state index contributed by atoms with van der Waals surface area (Å²) in [6.07, 6.45) is 3.39. The second-order valence-electron chi connectivity index (χ2n) is 5.82. The monoisotopic (exact) mass is 368 g/mol. The molecule has 0 aliphatic carbocycles. The fourth-order valence-electron chi connectivity index (χ4n) is 2.43. The second-order valence-corrected chi connectivity index (χ2v) is 6.98. The molecule has 0 bridgehead atoms. The van der Waals surface area contributed by atoms with Gasteiger partial charge in [-0.05, 0) is 68.9 Å². The zero-order chi connectivity index (χ0) is 18.3. The summed E-state index contributed by atoms with van der Waals surface area (Å²) in [6, 6.07) is 6.66. The van der Waals surface area contributed by atoms with E-state index in [4.69, 9.17) is 0 Å². The van der Waals surface area contributed by atoms with Gasteiger partial charge in [0.05, 0.1) is 0 Å². The van der Waals surface area contributed by atoms with Gasteiger partial charge < -0.3 is 15.5 Å². The first kappa shape index (κ1) is 21.8. The molecule has 0 fully saturated rings. The van der Waals surface area contributed by atoms with Crippen molar-refractivity contribution in [1.82, 2.24) is 15.5 Å². The zero-order valence-electron chi connectivity index (χ0n) is 15.9. The quantitative estimate of drug-likeness (QED) is 0.256. The van der Waals surface area contributed by atoms with Crippen LogP contribution >= 0.6 is 11.8 Å². The number of benzene rings is 1. The van der Waals surface area contributed by atoms with Crippen molar-refractivity contribution in [3.05, 3.63) is 30.1 Å². The summed E-state index contributed by atoms with van der Waals surface area (Å²) in [4.78, 5) is 7.81. The minimum Gasteiger partial charge on any atom is -0.356 e. The van der Waals surface area contributed by atoms with Gasteiger partial charge in [-0.2, -0.15) is 0 Å². The van der Waals surface area contributed by atoms with Crippen LogP contribution in [0.4, 0.5) is 4.39 Å². The van der Waals surface area contributed by atoms with Crippen molar-refractivity contribution in [3.8, 4) is 0 Å². The SMILES string of the molecule is CCN(CC)CCCCNC(=NC)NCCCSc1ccc(F)cc1. The highest BCUT2D eigenvalue weighted by molar-refractivity contribution is 7.99. The van der Waals surface area contributed by atoms with Crippen LogP contribution in [0.5, 0.6) is 0 Å². The third-order valence-corrected chi connectivity index (χ3v) is 5.11. The van der Waals surface area contributed by atoms with Crippen molar-refractivity contribution in [2.75, 3.05) is 45.5 Å². The average molecular weight is 369 g/mol. The topological polar surface area (TPSA) is 39.7 Å². The predicted octanol–water partition coefficient (Wildman–Crippen LogP) is 3.59. The van der Waals surface area contributed by atoms with E-state index in [1.807, 2.05) is 12.1 Å². The largest absolute Gasteiger partial charge is 0.356 e. The lowest BCUT2D eigenvalue weighted by Gasteiger charge is -2.18. The molecule has 0 aliphatic rings. The molecule has 0 unspecified atom stereocenters. The molecule has 0 spiro atoms. The summed E-state index contributed by atoms with van der Waals surface area (Å²) >= 11 is 1.75. The standard InChI is InChI=1S/C19H33FN4S/c1-4-24(5-2)15-7-6-13-22-19(21-3)23-14-8-16-25-18-11-9-17(20)10-12-18/h9-12H,4-8,13-16H2,1-3H3,(H2,21,22,23). The Bertz CT molecular complexity index is 475. The molecular formula is C19H33FN4S. The number of nitrogens with zero attached hydrogens (tertiary/aromatic N) is 2. The second kappa shape index (κ2) is 14.0. The first-order chi connectivity index (χ1) is 12.2. The summed E-state index contributed by atoms with van der Waals surface area (Å²) in [5.41, 5.74) is 0. The van der Waals surface area contributed by atoms with Crippen LogP contribution in [0.2, 0.25) is 0 Å². The molecule has 0 amide bonds. The third-order valence-electron chi connectivity index (χ3n) is 4.01. The molecule has 0 aliphatic heterocycles. The van der Waals surface area contributed by atoms with Gasteiger partial charge in [0.2, 0.25) is 0 Å². The Balaban J connectivity index is 2.05. The molecule has 4 nitrogen and oxygen atoms in total. The maximum absolute atomic E-state index is 12.8. The van der Waals surface area contributed by atoms with Gasteiger partial charge in [0.1, 0.15) is 5.82 Å². The zero-order valence-corrected chi connectivity index (χ0v) is 16.7. The fourth-order valence-corrected chi connectivity index (χ4v) is 3.28. The lowest BCUT2D eigenvalue weighted by molar-refractivity contribution is 0.297. The summed E-state index contributed by atoms with van der Waals surface area (Å²) in [7, 11) is 1.80. The number of nitrogens with one attached hydrogen (secondary N) is 2. The molecule has 0 saturated carbocycles. The molecule has 0 aromatic heterocycles. The average Bonchev–Trinajstić information content (AvgIpc) is 2.64. The van der Waals surface area contributed by atoms with Crippen molar-refractivity contribution >= 4 is 17.7 Å². The lowest BCUT2D eigenvalue weighted by Crippen LogP contribution is -2.38. The first-order valence-electron chi connectivity index (χ1n) is 9.24. The Labute approximate surface area is 156 Å². The van der Waals surface area contributed by atoms with Crippen LogP contribution in [-0.2, 0) is 0 Å². The maximum Gasteiger partial charge on any atom is 0.190 e. The Kier molecular flexibility index (Phi) is 12.2. The van der Waals surface area contributed by atoms with E-state index in [0.29, 0.717) is 0 Å². The number of thioether (sulfide) groups is 1. The molecular weight excluding hydrogens is 335 g/mol. The number of hydrogen-bond acceptors (Lipinski definition) is 3. The minimum atomic E-state index is -0.182. The van der Waals surface area contributed by atoms with E-state index in [-0.39, 0.29) is 5.82 Å². The van der Waals surface area contributed by atoms with Crippen molar-refractivity contribution in [1.29, 1.82) is 0 Å². The van der Waals surface area contributed by atoms with Gasteiger partial charge in [0.25, 0.3) is 0 Å². The van der Waals surface area contributed by atoms with E-state index in [1.165, 1.54) is 25.1 Å². The maximum atomic E-state index is 12.8. The van der Waals surface area contributed by atoms with Crippen molar-refractivity contribution in [3.63, 3.8) is 0 Å². The summed E-state index contributed by atoms with van der Waals surface area (Å²) in [5, 5.41) is 6.71. The summed E-state index contributed by atoms with van der Waals surface area (Å²) < 4.78 is 12.8. The van der Waals surface area contributed by atoms with Crippen LogP contribution in [0.1, 0.15) is 33.1 Å². The molecule has 1 aromatic rings. The van der Waals surface area contributed by atoms with Gasteiger partial charge in [-0.15, -0.1) is 11.8 Å². The molecule has 0 heterocycles. The Morgan fingerprint density at radius 1 is 1.04 bits per heavy atom. The van der Waals surface area contributed by atoms with E-state index >= 15 is 0 Å². The van der Waals surface area contributed by atoms with Gasteiger partial charge in [0, 0.05) is 25.0 Å². The molecule has 142 valence electrons. The van der Waals surface area contributed by atoms with E-state index in [0.717, 1.165) is 55.6 Å². The van der Waals surface area contributed by atoms with E-state index in [9.17, 15) is 4.39 Å². The number of halogens is 1. The van der Waals surface area contributed by atoms with Gasteiger partial charge >= 0.3 is 0 Å². The predicted molar refractivity (Wildman–Crippen MR) is 108 cm³/mol. The van der Waals surface area contributed by atoms with Crippen molar-refractivity contribution in [2.24, 2.45) is 4.99 Å². The normalized spacial score (nSPS) is 11.8. The number of guanidine groups is 1. The molecule has 25 heavy (non-hydrogen) atoms. The van der Waals surface area contributed by atoms with Gasteiger partial charge in [-0.1, -0.05) is 13.8 Å². The van der Waals surface area contributed by atoms with Gasteiger partial charge in [-0.3, -0.25) is 4.99 Å². The van der Waals surface area contributed by atoms with Gasteiger partial charge in [0.15, 0.2) is 5.96 Å². The fraction of sp³-hybridized carbons (Fsp3) is 0.632. The number of unbranched alkanes of at least 4 members (excludes halogenated alkanes) is 1. The third kappa shape index (κ3) is 10.3. The van der Waals surface area contributed by atoms with E-state index in [2.05, 4.69) is 34.4 Å². The molecule has 0 atom stereocenters. The van der Waals surface area contributed by atoms with E-state index in [1.54, 1.807) is 18.8 Å². The Morgan fingerprint density at radius 2 is 1.68 bits per heavy atom. The van der Waals surface area contributed by atoms with Crippen molar-refractivity contribution in [2.45, 2.75) is 38.0 Å². The van der Waals surface area contributed by atoms with Crippen LogP contribution in [-0.4, -0.2) is 56.4 Å². The highest BCUT2D eigenvalue weighted by atomic mass is 32.2. The molecule has 0 saturated heterocycles. The number of hydrogen-bond donors (Lipinski definition) is 2. The Morgan fingerprint density at radius 3 is 2.28 bits per heavy atom. The Hall–Kier alpha value is -1.27. The summed E-state index contributed by atoms with van der Waals surface area (Å²) in [6.45, 7) is 9.68. The van der Waals surface area contributed by atoms with Crippen LogP contribution in [0.15, 0.2) is 34.2 Å². The first-order valence-corrected chi connectivity index (χ1v) is 10.2.